The van der Waals surface area contributed by atoms with Crippen molar-refractivity contribution in [3.05, 3.63) is 24.3 Å². The second-order valence-corrected chi connectivity index (χ2v) is 20.5. The van der Waals surface area contributed by atoms with Gasteiger partial charge in [-0.2, -0.15) is 0 Å². The molecule has 6 N–H and O–H groups in total. The van der Waals surface area contributed by atoms with E-state index in [2.05, 4.69) is 29.8 Å². The molecule has 0 aromatic carbocycles. The van der Waals surface area contributed by atoms with Crippen LogP contribution in [0, 0.1) is 17.8 Å². The number of rotatable bonds is 42. The zero-order chi connectivity index (χ0) is 48.4. The number of unbranched alkanes of at least 4 members (excludes halogenated alkanes) is 16. The summed E-state index contributed by atoms with van der Waals surface area (Å²) in [6.45, 7) is 3.73. The minimum Gasteiger partial charge on any atom is -0.462 e. The molecular weight excluding hydrogens is 882 g/mol. The maximum Gasteiger partial charge on any atom is 0.472 e. The van der Waals surface area contributed by atoms with E-state index in [9.17, 15) is 43.7 Å². The van der Waals surface area contributed by atoms with E-state index in [1.807, 2.05) is 12.2 Å². The lowest BCUT2D eigenvalue weighted by atomic mass is 9.90. The van der Waals surface area contributed by atoms with Gasteiger partial charge in [-0.25, -0.2) is 9.13 Å². The third-order valence-electron chi connectivity index (χ3n) is 11.8. The van der Waals surface area contributed by atoms with Crippen LogP contribution in [0.5, 0.6) is 0 Å². The van der Waals surface area contributed by atoms with Crippen LogP contribution in [0.1, 0.15) is 188 Å². The minimum absolute atomic E-state index is 0.0545. The highest BCUT2D eigenvalue weighted by atomic mass is 31.2. The van der Waals surface area contributed by atoms with E-state index in [-0.39, 0.29) is 31.0 Å². The molecule has 16 nitrogen and oxygen atoms in total. The molecule has 0 amide bonds. The molecule has 0 saturated heterocycles. The molecular formula is C47H86O16P2. The molecule has 1 saturated carbocycles. The van der Waals surface area contributed by atoms with E-state index in [1.165, 1.54) is 77.0 Å². The molecule has 0 radical (unpaired) electrons. The van der Waals surface area contributed by atoms with Crippen molar-refractivity contribution in [3.8, 4) is 0 Å². The summed E-state index contributed by atoms with van der Waals surface area (Å²) >= 11 is 0. The van der Waals surface area contributed by atoms with Crippen LogP contribution >= 0.6 is 15.6 Å². The Morgan fingerprint density at radius 1 is 0.708 bits per heavy atom. The lowest BCUT2D eigenvalue weighted by molar-refractivity contribution is -0.161. The first kappa shape index (κ1) is 61.2. The van der Waals surface area contributed by atoms with Gasteiger partial charge in [-0.15, -0.1) is 0 Å². The highest BCUT2D eigenvalue weighted by Crippen LogP contribution is 2.44. The number of phosphoric ester groups is 2. The van der Waals surface area contributed by atoms with Gasteiger partial charge in [-0.05, 0) is 38.0 Å². The molecule has 1 aliphatic rings. The number of allylic oxidation sites excluding steroid dienone is 3. The fraction of sp³-hybridized carbons (Fsp3) is 0.851. The highest BCUT2D eigenvalue weighted by molar-refractivity contribution is 7.47. The van der Waals surface area contributed by atoms with Crippen LogP contribution in [0.15, 0.2) is 24.3 Å². The molecule has 0 aromatic heterocycles. The first-order valence-corrected chi connectivity index (χ1v) is 27.6. The number of carbonyl (C=O) groups is 3. The van der Waals surface area contributed by atoms with E-state index in [1.54, 1.807) is 12.2 Å². The highest BCUT2D eigenvalue weighted by Gasteiger charge is 2.39. The van der Waals surface area contributed by atoms with Crippen molar-refractivity contribution in [2.45, 2.75) is 212 Å². The van der Waals surface area contributed by atoms with Crippen LogP contribution in [-0.4, -0.2) is 98.6 Å². The molecule has 380 valence electrons. The van der Waals surface area contributed by atoms with E-state index in [4.69, 9.17) is 23.8 Å². The number of phosphoric acid groups is 2. The van der Waals surface area contributed by atoms with Gasteiger partial charge in [0.2, 0.25) is 0 Å². The molecule has 0 aromatic rings. The van der Waals surface area contributed by atoms with Gasteiger partial charge in [0.25, 0.3) is 0 Å². The minimum atomic E-state index is -4.90. The lowest BCUT2D eigenvalue weighted by Gasteiger charge is -2.20. The summed E-state index contributed by atoms with van der Waals surface area (Å²) < 4.78 is 47.9. The van der Waals surface area contributed by atoms with Crippen LogP contribution in [0.25, 0.3) is 0 Å². The Bertz CT molecular complexity index is 1420. The maximum atomic E-state index is 12.8. The molecule has 0 bridgehead atoms. The van der Waals surface area contributed by atoms with Crippen LogP contribution < -0.4 is 0 Å². The third kappa shape index (κ3) is 34.2. The molecule has 0 aliphatic heterocycles. The Hall–Kier alpha value is -1.81. The molecule has 2 unspecified atom stereocenters. The summed E-state index contributed by atoms with van der Waals surface area (Å²) in [6, 6.07) is 0. The molecule has 1 rings (SSSR count). The average Bonchev–Trinajstić information content (AvgIpc) is 3.53. The van der Waals surface area contributed by atoms with Crippen LogP contribution in [0.4, 0.5) is 0 Å². The second kappa shape index (κ2) is 37.1. The van der Waals surface area contributed by atoms with Crippen molar-refractivity contribution in [1.82, 2.24) is 0 Å². The van der Waals surface area contributed by atoms with Crippen molar-refractivity contribution in [1.29, 1.82) is 0 Å². The summed E-state index contributed by atoms with van der Waals surface area (Å²) in [4.78, 5) is 65.6. The maximum absolute atomic E-state index is 12.8. The summed E-state index contributed by atoms with van der Waals surface area (Å²) in [5.74, 6) is -1.26. The number of ketones is 1. The van der Waals surface area contributed by atoms with E-state index >= 15 is 0 Å². The fourth-order valence-corrected chi connectivity index (χ4v) is 8.70. The van der Waals surface area contributed by atoms with Crippen molar-refractivity contribution in [2.75, 3.05) is 26.4 Å². The monoisotopic (exact) mass is 969 g/mol. The van der Waals surface area contributed by atoms with Crippen LogP contribution in [0.3, 0.4) is 0 Å². The van der Waals surface area contributed by atoms with Gasteiger partial charge in [0, 0.05) is 31.1 Å². The van der Waals surface area contributed by atoms with Crippen molar-refractivity contribution in [3.63, 3.8) is 0 Å². The topological polar surface area (TPSA) is 253 Å². The van der Waals surface area contributed by atoms with Gasteiger partial charge in [0.1, 0.15) is 18.5 Å². The van der Waals surface area contributed by atoms with Gasteiger partial charge in [-0.3, -0.25) is 28.0 Å². The summed E-state index contributed by atoms with van der Waals surface area (Å²) in [7, 11) is -9.78. The van der Waals surface area contributed by atoms with Crippen molar-refractivity contribution >= 4 is 33.4 Å². The molecule has 18 heteroatoms. The molecule has 1 aliphatic carbocycles. The number of hydrogen-bond donors (Lipinski definition) is 6. The van der Waals surface area contributed by atoms with Crippen LogP contribution in [0.2, 0.25) is 0 Å². The number of carbonyl (C=O) groups excluding carboxylic acids is 3. The van der Waals surface area contributed by atoms with Crippen LogP contribution in [-0.2, 0) is 46.6 Å². The summed E-state index contributed by atoms with van der Waals surface area (Å²) in [5.41, 5.74) is 0. The zero-order valence-corrected chi connectivity index (χ0v) is 41.5. The zero-order valence-electron chi connectivity index (χ0n) is 39.7. The smallest absolute Gasteiger partial charge is 0.462 e. The number of aliphatic hydroxyl groups excluding tert-OH is 3. The number of Topliss-reactive ketones (excluding diaryl/α,β-unsaturated/α-hetero) is 1. The van der Waals surface area contributed by atoms with Gasteiger partial charge < -0.3 is 39.5 Å². The Morgan fingerprint density at radius 2 is 1.26 bits per heavy atom. The van der Waals surface area contributed by atoms with Gasteiger partial charge >= 0.3 is 27.6 Å². The van der Waals surface area contributed by atoms with Crippen molar-refractivity contribution < 1.29 is 76.6 Å². The standard InChI is InChI=1S/C47H86O16P2/c1-4-6-21-27-39(48)31-32-43-42(44(50)33-45(43)51)28-23-19-20-25-30-47(53)63-41(37-62-65(57,58)61-35-40(49)34-60-64(54,55)56)36-59-46(52)29-24-18-16-14-12-10-8-7-9-11-13-15-17-22-26-38(3)5-2/h19,23,31-32,38-44,48-50H,4-18,20-22,24-30,33-37H2,1-3H3,(H,57,58)(H2,54,55,56)/b23-19-,32-31+/t38?,39-,40-,41+,42+,43+,44-/m0/s1. The van der Waals surface area contributed by atoms with Gasteiger partial charge in [0.05, 0.1) is 32.0 Å². The van der Waals surface area contributed by atoms with E-state index < -0.39 is 84.3 Å². The summed E-state index contributed by atoms with van der Waals surface area (Å²) in [5, 5.41) is 30.6. The number of esters is 2. The summed E-state index contributed by atoms with van der Waals surface area (Å²) in [6.07, 6.45) is 26.7. The lowest BCUT2D eigenvalue weighted by Crippen LogP contribution is -2.29. The Morgan fingerprint density at radius 3 is 1.86 bits per heavy atom. The number of hydrogen-bond acceptors (Lipinski definition) is 13. The number of ether oxygens (including phenoxy) is 2. The quantitative estimate of drug-likeness (QED) is 0.0144. The largest absolute Gasteiger partial charge is 0.472 e. The molecule has 0 heterocycles. The SMILES string of the molecule is CCCCC[C@H](O)/C=C/[C@H]1C(=O)C[C@H](O)[C@@H]1C/C=C\CCCC(=O)O[C@H](COC(=O)CCCCCCCCCCCCCCCCC(C)CC)COP(=O)(O)OC[C@@H](O)COP(=O)(O)O. The Balaban J connectivity index is 2.51. The first-order chi connectivity index (χ1) is 31.0. The van der Waals surface area contributed by atoms with Crippen molar-refractivity contribution in [2.24, 2.45) is 17.8 Å². The van der Waals surface area contributed by atoms with Gasteiger partial charge in [-0.1, -0.05) is 161 Å². The second-order valence-electron chi connectivity index (χ2n) is 17.8. The molecule has 65 heavy (non-hydrogen) atoms. The average molecular weight is 969 g/mol. The predicted octanol–water partition coefficient (Wildman–Crippen LogP) is 9.51. The fourth-order valence-electron chi connectivity index (χ4n) is 7.54. The molecule has 8 atom stereocenters. The molecule has 0 spiro atoms. The van der Waals surface area contributed by atoms with E-state index in [0.717, 1.165) is 44.4 Å². The Kier molecular flexibility index (Phi) is 35.0. The van der Waals surface area contributed by atoms with E-state index in [0.29, 0.717) is 32.1 Å². The first-order valence-electron chi connectivity index (χ1n) is 24.5. The third-order valence-corrected chi connectivity index (χ3v) is 13.2. The van der Waals surface area contributed by atoms with Gasteiger partial charge in [0.15, 0.2) is 6.10 Å². The number of aliphatic hydroxyl groups is 3. The normalized spacial score (nSPS) is 19.7. The predicted molar refractivity (Wildman–Crippen MR) is 249 cm³/mol. The Labute approximate surface area is 389 Å². The molecule has 1 fully saturated rings.